The zero-order chi connectivity index (χ0) is 18.0. The van der Waals surface area contributed by atoms with E-state index in [0.29, 0.717) is 11.5 Å². The topological polar surface area (TPSA) is 66.8 Å². The fraction of sp³-hybridized carbons (Fsp3) is 0.222. The predicted octanol–water partition coefficient (Wildman–Crippen LogP) is 3.74. The molecule has 1 aliphatic heterocycles. The minimum Gasteiger partial charge on any atom is -0.503 e. The molecule has 0 unspecified atom stereocenters. The number of methoxy groups -OCH3 is 1. The van der Waals surface area contributed by atoms with E-state index in [1.807, 2.05) is 24.3 Å². The number of halogens is 1. The number of rotatable bonds is 6. The Morgan fingerprint density at radius 2 is 2.04 bits per heavy atom. The van der Waals surface area contributed by atoms with Crippen molar-refractivity contribution in [1.82, 2.24) is 4.90 Å². The molecule has 0 radical (unpaired) electrons. The number of benzene rings is 1. The van der Waals surface area contributed by atoms with Gasteiger partial charge in [0.15, 0.2) is 5.76 Å². The van der Waals surface area contributed by atoms with Crippen LogP contribution in [0.3, 0.4) is 0 Å². The third-order valence-corrected chi connectivity index (χ3v) is 5.41. The zero-order valence-electron chi connectivity index (χ0n) is 13.4. The third kappa shape index (κ3) is 3.40. The summed E-state index contributed by atoms with van der Waals surface area (Å²) >= 11 is 4.67. The molecule has 1 amide bonds. The summed E-state index contributed by atoms with van der Waals surface area (Å²) in [5.74, 6) is -1.36. The number of amides is 1. The van der Waals surface area contributed by atoms with Gasteiger partial charge in [-0.25, -0.2) is 0 Å². The monoisotopic (exact) mass is 421 g/mol. The molecule has 2 aromatic rings. The van der Waals surface area contributed by atoms with Gasteiger partial charge in [-0.3, -0.25) is 9.59 Å². The number of ether oxygens (including phenoxy) is 1. The lowest BCUT2D eigenvalue weighted by atomic mass is 9.95. The zero-order valence-corrected chi connectivity index (χ0v) is 15.8. The maximum Gasteiger partial charge on any atom is 0.290 e. The number of hydrogen-bond donors (Lipinski definition) is 1. The SMILES string of the molecule is COCCN1C(=O)C(O)=C(C(=O)c2cccs2)[C@H]1c1ccc(Br)cc1. The van der Waals surface area contributed by atoms with Crippen LogP contribution >= 0.6 is 27.3 Å². The molecule has 0 spiro atoms. The van der Waals surface area contributed by atoms with E-state index in [0.717, 1.165) is 10.0 Å². The van der Waals surface area contributed by atoms with Crippen molar-refractivity contribution in [2.45, 2.75) is 6.04 Å². The van der Waals surface area contributed by atoms with E-state index in [1.54, 1.807) is 24.6 Å². The van der Waals surface area contributed by atoms with Gasteiger partial charge in [0.25, 0.3) is 5.91 Å². The summed E-state index contributed by atoms with van der Waals surface area (Å²) in [6, 6.07) is 10.2. The Labute approximate surface area is 157 Å². The van der Waals surface area contributed by atoms with Crippen LogP contribution in [0.15, 0.2) is 57.6 Å². The minimum atomic E-state index is -0.634. The quantitative estimate of drug-likeness (QED) is 0.721. The van der Waals surface area contributed by atoms with Gasteiger partial charge in [0, 0.05) is 18.1 Å². The smallest absolute Gasteiger partial charge is 0.290 e. The van der Waals surface area contributed by atoms with Crippen molar-refractivity contribution in [2.75, 3.05) is 20.3 Å². The van der Waals surface area contributed by atoms with E-state index in [-0.39, 0.29) is 17.9 Å². The van der Waals surface area contributed by atoms with Crippen LogP contribution in [0.4, 0.5) is 0 Å². The summed E-state index contributed by atoms with van der Waals surface area (Å²) in [5, 5.41) is 12.2. The molecule has 0 saturated heterocycles. The number of carbonyl (C=O) groups excluding carboxylic acids is 2. The molecule has 1 N–H and O–H groups in total. The molecule has 1 aromatic carbocycles. The van der Waals surface area contributed by atoms with Gasteiger partial charge in [0.05, 0.1) is 23.1 Å². The average molecular weight is 422 g/mol. The number of hydrogen-bond acceptors (Lipinski definition) is 5. The highest BCUT2D eigenvalue weighted by atomic mass is 79.9. The summed E-state index contributed by atoms with van der Waals surface area (Å²) in [7, 11) is 1.54. The second kappa shape index (κ2) is 7.51. The van der Waals surface area contributed by atoms with Gasteiger partial charge in [-0.15, -0.1) is 11.3 Å². The maximum atomic E-state index is 12.9. The summed E-state index contributed by atoms with van der Waals surface area (Å²) in [6.07, 6.45) is 0. The first-order valence-corrected chi connectivity index (χ1v) is 9.28. The first kappa shape index (κ1) is 17.8. The molecule has 5 nitrogen and oxygen atoms in total. The summed E-state index contributed by atoms with van der Waals surface area (Å²) < 4.78 is 5.97. The van der Waals surface area contributed by atoms with Gasteiger partial charge in [0.2, 0.25) is 5.78 Å². The lowest BCUT2D eigenvalue weighted by Gasteiger charge is -2.26. The number of aliphatic hydroxyl groups is 1. The van der Waals surface area contributed by atoms with Crippen LogP contribution in [0.5, 0.6) is 0 Å². The lowest BCUT2D eigenvalue weighted by Crippen LogP contribution is -2.33. The van der Waals surface area contributed by atoms with Crippen LogP contribution in [0, 0.1) is 0 Å². The van der Waals surface area contributed by atoms with E-state index >= 15 is 0 Å². The molecule has 1 aromatic heterocycles. The average Bonchev–Trinajstić information content (AvgIpc) is 3.22. The number of nitrogens with zero attached hydrogens (tertiary/aromatic N) is 1. The highest BCUT2D eigenvalue weighted by molar-refractivity contribution is 9.10. The van der Waals surface area contributed by atoms with Gasteiger partial charge in [-0.2, -0.15) is 0 Å². The van der Waals surface area contributed by atoms with Crippen LogP contribution in [-0.2, 0) is 9.53 Å². The third-order valence-electron chi connectivity index (χ3n) is 4.02. The summed E-state index contributed by atoms with van der Waals surface area (Å²) in [4.78, 5) is 27.4. The first-order valence-electron chi connectivity index (χ1n) is 7.61. The number of ketones is 1. The van der Waals surface area contributed by atoms with Crippen molar-refractivity contribution >= 4 is 39.0 Å². The second-order valence-corrected chi connectivity index (χ2v) is 7.38. The number of Topliss-reactive ketones (excluding diaryl/α,β-unsaturated/α-hetero) is 1. The van der Waals surface area contributed by atoms with Gasteiger partial charge in [0.1, 0.15) is 0 Å². The molecule has 1 atom stereocenters. The van der Waals surface area contributed by atoms with Crippen molar-refractivity contribution in [3.63, 3.8) is 0 Å². The molecule has 0 fully saturated rings. The molecule has 1 aliphatic rings. The number of carbonyl (C=O) groups is 2. The van der Waals surface area contributed by atoms with E-state index in [1.165, 1.54) is 16.2 Å². The number of aliphatic hydroxyl groups excluding tert-OH is 1. The Kier molecular flexibility index (Phi) is 5.36. The second-order valence-electron chi connectivity index (χ2n) is 5.51. The number of thiophene rings is 1. The molecule has 3 rings (SSSR count). The van der Waals surface area contributed by atoms with Gasteiger partial charge < -0.3 is 14.7 Å². The maximum absolute atomic E-state index is 12.9. The predicted molar refractivity (Wildman–Crippen MR) is 98.8 cm³/mol. The Morgan fingerprint density at radius 3 is 2.64 bits per heavy atom. The Hall–Kier alpha value is -1.96. The van der Waals surface area contributed by atoms with Crippen LogP contribution in [0.1, 0.15) is 21.3 Å². The summed E-state index contributed by atoms with van der Waals surface area (Å²) in [5.41, 5.74) is 0.877. The molecule has 0 bridgehead atoms. The molecule has 7 heteroatoms. The van der Waals surface area contributed by atoms with Crippen LogP contribution in [0.25, 0.3) is 0 Å². The standard InChI is InChI=1S/C18H16BrNO4S/c1-24-9-8-20-15(11-4-6-12(19)7-5-11)14(17(22)18(20)23)16(21)13-3-2-10-25-13/h2-7,10,15,22H,8-9H2,1H3/t15-/m1/s1. The van der Waals surface area contributed by atoms with Crippen molar-refractivity contribution in [3.8, 4) is 0 Å². The molecule has 130 valence electrons. The first-order chi connectivity index (χ1) is 12.0. The van der Waals surface area contributed by atoms with Gasteiger partial charge in [-0.05, 0) is 29.1 Å². The fourth-order valence-electron chi connectivity index (χ4n) is 2.84. The normalized spacial score (nSPS) is 17.4. The molecule has 0 saturated carbocycles. The largest absolute Gasteiger partial charge is 0.503 e. The van der Waals surface area contributed by atoms with Gasteiger partial charge >= 0.3 is 0 Å². The van der Waals surface area contributed by atoms with Crippen molar-refractivity contribution in [1.29, 1.82) is 0 Å². The van der Waals surface area contributed by atoms with Crippen molar-refractivity contribution in [2.24, 2.45) is 0 Å². The Bertz CT molecular complexity index is 814. The fourth-order valence-corrected chi connectivity index (χ4v) is 3.78. The van der Waals surface area contributed by atoms with Crippen molar-refractivity contribution in [3.05, 3.63) is 68.0 Å². The van der Waals surface area contributed by atoms with E-state index in [4.69, 9.17) is 4.74 Å². The highest BCUT2D eigenvalue weighted by Gasteiger charge is 2.43. The molecule has 2 heterocycles. The summed E-state index contributed by atoms with van der Waals surface area (Å²) in [6.45, 7) is 0.591. The van der Waals surface area contributed by atoms with Gasteiger partial charge in [-0.1, -0.05) is 34.1 Å². The molecular weight excluding hydrogens is 406 g/mol. The Morgan fingerprint density at radius 1 is 1.32 bits per heavy atom. The van der Waals surface area contributed by atoms with Crippen LogP contribution in [-0.4, -0.2) is 42.0 Å². The Balaban J connectivity index is 2.06. The molecule has 25 heavy (non-hydrogen) atoms. The molecule has 0 aliphatic carbocycles. The lowest BCUT2D eigenvalue weighted by molar-refractivity contribution is -0.130. The van der Waals surface area contributed by atoms with E-state index < -0.39 is 17.7 Å². The van der Waals surface area contributed by atoms with E-state index in [9.17, 15) is 14.7 Å². The molecular formula is C18H16BrNO4S. The highest BCUT2D eigenvalue weighted by Crippen LogP contribution is 2.39. The van der Waals surface area contributed by atoms with Crippen LogP contribution < -0.4 is 0 Å². The van der Waals surface area contributed by atoms with Crippen molar-refractivity contribution < 1.29 is 19.4 Å². The van der Waals surface area contributed by atoms with E-state index in [2.05, 4.69) is 15.9 Å². The van der Waals surface area contributed by atoms with Crippen LogP contribution in [0.2, 0.25) is 0 Å². The minimum absolute atomic E-state index is 0.117.